The van der Waals surface area contributed by atoms with Crippen LogP contribution < -0.4 is 14.8 Å². The number of imidazole rings is 1. The van der Waals surface area contributed by atoms with Crippen LogP contribution in [0.15, 0.2) is 53.7 Å². The summed E-state index contributed by atoms with van der Waals surface area (Å²) in [6, 6.07) is 10.1. The van der Waals surface area contributed by atoms with Crippen LogP contribution in [0.5, 0.6) is 5.75 Å². The van der Waals surface area contributed by atoms with Gasteiger partial charge < -0.3 is 19.8 Å². The second kappa shape index (κ2) is 9.58. The second-order valence-corrected chi connectivity index (χ2v) is 11.6. The molecule has 4 aromatic rings. The highest BCUT2D eigenvalue weighted by molar-refractivity contribution is 7.89. The summed E-state index contributed by atoms with van der Waals surface area (Å²) in [6.45, 7) is 5.31. The van der Waals surface area contributed by atoms with Crippen molar-refractivity contribution in [3.8, 4) is 5.75 Å². The summed E-state index contributed by atoms with van der Waals surface area (Å²) in [4.78, 5) is 27.2. The molecule has 5 N–H and O–H groups in total. The first-order valence-corrected chi connectivity index (χ1v) is 13.7. The quantitative estimate of drug-likeness (QED) is 0.227. The molecule has 1 amide bonds. The first kappa shape index (κ1) is 26.0. The fourth-order valence-corrected chi connectivity index (χ4v) is 5.76. The molecule has 198 valence electrons. The number of anilines is 1. The molecule has 1 aliphatic rings. The zero-order valence-corrected chi connectivity index (χ0v) is 22.4. The van der Waals surface area contributed by atoms with E-state index in [1.54, 1.807) is 38.1 Å². The predicted molar refractivity (Wildman–Crippen MR) is 143 cm³/mol. The highest BCUT2D eigenvalue weighted by Gasteiger charge is 2.44. The van der Waals surface area contributed by atoms with Gasteiger partial charge in [0.2, 0.25) is 16.0 Å². The van der Waals surface area contributed by atoms with Crippen LogP contribution in [-0.2, 0) is 16.4 Å². The number of fused-ring (bicyclic) bond motifs is 2. The summed E-state index contributed by atoms with van der Waals surface area (Å²) in [7, 11) is -4.01. The predicted octanol–water partition coefficient (Wildman–Crippen LogP) is 3.38. The molecular weight excluding hydrogens is 528 g/mol. The average molecular weight is 555 g/mol. The molecule has 0 fully saturated rings. The first-order valence-electron chi connectivity index (χ1n) is 11.9. The minimum atomic E-state index is -4.01. The Balaban J connectivity index is 1.47. The van der Waals surface area contributed by atoms with Crippen molar-refractivity contribution in [3.63, 3.8) is 0 Å². The number of aryl methyl sites for hydroxylation is 1. The number of carbonyl (C=O) groups excluding carboxylic acids is 1. The number of benzene rings is 2. The number of nitrogens with zero attached hydrogens (tertiary/aromatic N) is 2. The van der Waals surface area contributed by atoms with Crippen molar-refractivity contribution in [3.05, 3.63) is 70.1 Å². The van der Waals surface area contributed by atoms with Crippen LogP contribution in [0.25, 0.3) is 11.2 Å². The number of nitrogens with one attached hydrogen (secondary N) is 4. The number of aliphatic hydroxyl groups is 1. The van der Waals surface area contributed by atoms with E-state index in [0.29, 0.717) is 22.5 Å². The lowest BCUT2D eigenvalue weighted by Gasteiger charge is -2.42. The van der Waals surface area contributed by atoms with Crippen molar-refractivity contribution in [2.45, 2.75) is 49.8 Å². The average Bonchev–Trinajstić information content (AvgIpc) is 3.36. The molecule has 3 heterocycles. The summed E-state index contributed by atoms with van der Waals surface area (Å²) in [5.74, 6) is -0.0826. The molecule has 38 heavy (non-hydrogen) atoms. The largest absolute Gasteiger partial charge is 0.485 e. The summed E-state index contributed by atoms with van der Waals surface area (Å²) in [5.41, 5.74) is 1.39. The summed E-state index contributed by atoms with van der Waals surface area (Å²) >= 11 is 5.24. The monoisotopic (exact) mass is 554 g/mol. The number of aromatic amines is 2. The number of ether oxygens (including phenoxy) is 1. The van der Waals surface area contributed by atoms with E-state index in [2.05, 4.69) is 30.0 Å². The number of rotatable bonds is 6. The van der Waals surface area contributed by atoms with Crippen molar-refractivity contribution < 1.29 is 23.1 Å². The van der Waals surface area contributed by atoms with Gasteiger partial charge in [0.1, 0.15) is 23.0 Å². The number of aromatic nitrogens is 4. The molecule has 13 heteroatoms. The van der Waals surface area contributed by atoms with Crippen LogP contribution in [-0.4, -0.2) is 51.1 Å². The van der Waals surface area contributed by atoms with E-state index in [0.717, 1.165) is 12.0 Å². The molecule has 0 unspecified atom stereocenters. The van der Waals surface area contributed by atoms with Gasteiger partial charge in [-0.25, -0.2) is 23.1 Å². The number of hydrogen-bond acceptors (Lipinski definition) is 8. The molecule has 1 aliphatic heterocycles. The van der Waals surface area contributed by atoms with Crippen LogP contribution in [0.4, 0.5) is 5.95 Å². The highest BCUT2D eigenvalue weighted by atomic mass is 32.2. The summed E-state index contributed by atoms with van der Waals surface area (Å²) in [6.07, 6.45) is 0.979. The van der Waals surface area contributed by atoms with Gasteiger partial charge in [-0.15, -0.1) is 0 Å². The smallest absolute Gasteiger partial charge is 0.257 e. The van der Waals surface area contributed by atoms with Crippen molar-refractivity contribution in [1.29, 1.82) is 0 Å². The van der Waals surface area contributed by atoms with Crippen LogP contribution in [0, 0.1) is 4.64 Å². The summed E-state index contributed by atoms with van der Waals surface area (Å²) in [5, 5.41) is 13.8. The summed E-state index contributed by atoms with van der Waals surface area (Å²) < 4.78 is 35.4. The molecule has 0 radical (unpaired) electrons. The number of H-pyrrole nitrogens is 2. The topological polar surface area (TPSA) is 162 Å². The maximum absolute atomic E-state index is 13.3. The normalized spacial score (nSPS) is 18.5. The van der Waals surface area contributed by atoms with Gasteiger partial charge in [0.15, 0.2) is 10.3 Å². The maximum atomic E-state index is 13.3. The first-order chi connectivity index (χ1) is 18.0. The van der Waals surface area contributed by atoms with Crippen molar-refractivity contribution in [1.82, 2.24) is 24.7 Å². The number of carbonyl (C=O) groups is 1. The Kier molecular flexibility index (Phi) is 6.55. The van der Waals surface area contributed by atoms with Gasteiger partial charge in [-0.1, -0.05) is 31.3 Å². The molecule has 0 bridgehead atoms. The van der Waals surface area contributed by atoms with Crippen molar-refractivity contribution in [2.24, 2.45) is 0 Å². The van der Waals surface area contributed by atoms with E-state index in [1.807, 2.05) is 6.92 Å². The molecule has 2 aromatic heterocycles. The van der Waals surface area contributed by atoms with Crippen LogP contribution >= 0.6 is 12.2 Å². The molecule has 0 saturated carbocycles. The molecule has 11 nitrogen and oxygen atoms in total. The third-order valence-corrected chi connectivity index (χ3v) is 8.22. The Hall–Kier alpha value is -3.65. The van der Waals surface area contributed by atoms with E-state index >= 15 is 0 Å². The van der Waals surface area contributed by atoms with Crippen molar-refractivity contribution >= 4 is 45.3 Å². The molecule has 5 rings (SSSR count). The van der Waals surface area contributed by atoms with Gasteiger partial charge in [-0.2, -0.15) is 0 Å². The lowest BCUT2D eigenvalue weighted by Crippen LogP contribution is -2.53. The zero-order chi connectivity index (χ0) is 27.2. The highest BCUT2D eigenvalue weighted by Crippen LogP contribution is 2.41. The fraction of sp³-hybridized carbons (Fsp3) is 0.280. The van der Waals surface area contributed by atoms with Gasteiger partial charge in [0, 0.05) is 11.1 Å². The molecule has 2 atom stereocenters. The van der Waals surface area contributed by atoms with E-state index in [9.17, 15) is 18.3 Å². The fourth-order valence-electron chi connectivity index (χ4n) is 4.30. The van der Waals surface area contributed by atoms with E-state index in [4.69, 9.17) is 17.0 Å². The van der Waals surface area contributed by atoms with Crippen molar-refractivity contribution in [2.75, 3.05) is 5.32 Å². The standard InChI is InChI=1S/C25H26N6O5S2/c1-4-13-5-8-15(9-6-13)38(34,35)31-18-16-11-14(7-10-17(16)36-25(2,3)20(18)32)22(33)29-24-28-21-19(23(37)30-24)26-12-27-21/h5-12,18,20,31-32H,4H2,1-3H3,(H3,26,27,28,29,30,33,37)/t18-,20+/m1/s1. The Morgan fingerprint density at radius 3 is 2.66 bits per heavy atom. The Labute approximate surface area is 223 Å². The lowest BCUT2D eigenvalue weighted by atomic mass is 9.86. The Bertz CT molecular complexity index is 1700. The minimum Gasteiger partial charge on any atom is -0.485 e. The zero-order valence-electron chi connectivity index (χ0n) is 20.8. The Morgan fingerprint density at radius 2 is 1.95 bits per heavy atom. The van der Waals surface area contributed by atoms with Gasteiger partial charge in [-0.3, -0.25) is 10.1 Å². The lowest BCUT2D eigenvalue weighted by molar-refractivity contribution is -0.0603. The number of hydrogen-bond donors (Lipinski definition) is 5. The van der Waals surface area contributed by atoms with Gasteiger partial charge in [-0.05, 0) is 56.2 Å². The molecule has 2 aromatic carbocycles. The molecule has 0 aliphatic carbocycles. The maximum Gasteiger partial charge on any atom is 0.257 e. The molecule has 0 saturated heterocycles. The van der Waals surface area contributed by atoms with E-state index in [-0.39, 0.29) is 21.0 Å². The van der Waals surface area contributed by atoms with E-state index in [1.165, 1.54) is 24.5 Å². The van der Waals surface area contributed by atoms with Crippen LogP contribution in [0.3, 0.4) is 0 Å². The third-order valence-electron chi connectivity index (χ3n) is 6.47. The Morgan fingerprint density at radius 1 is 1.21 bits per heavy atom. The molecular formula is C25H26N6O5S2. The van der Waals surface area contributed by atoms with Crippen LogP contribution in [0.2, 0.25) is 0 Å². The van der Waals surface area contributed by atoms with E-state index < -0.39 is 33.7 Å². The molecule has 0 spiro atoms. The third kappa shape index (κ3) is 4.80. The van der Waals surface area contributed by atoms with Gasteiger partial charge >= 0.3 is 0 Å². The number of sulfonamides is 1. The van der Waals surface area contributed by atoms with Gasteiger partial charge in [0.05, 0.1) is 17.3 Å². The van der Waals surface area contributed by atoms with Crippen LogP contribution in [0.1, 0.15) is 48.3 Å². The minimum absolute atomic E-state index is 0.0664. The number of aliphatic hydroxyl groups excluding tert-OH is 1. The SMILES string of the molecule is CCc1ccc(S(=O)(=O)N[C@@H]2c3cc(C(=O)Nc4nc(=S)c5[nH]cnc5[nH]4)ccc3OC(C)(C)[C@H]2O)cc1. The van der Waals surface area contributed by atoms with Gasteiger partial charge in [0.25, 0.3) is 5.91 Å². The number of amides is 1. The second-order valence-electron chi connectivity index (χ2n) is 9.47.